The van der Waals surface area contributed by atoms with E-state index in [0.29, 0.717) is 30.5 Å². The minimum atomic E-state index is -0.536. The number of benzene rings is 1. The van der Waals surface area contributed by atoms with Crippen LogP contribution < -0.4 is 11.1 Å². The van der Waals surface area contributed by atoms with Gasteiger partial charge in [-0.15, -0.1) is 24.0 Å². The van der Waals surface area contributed by atoms with Crippen LogP contribution >= 0.6 is 24.0 Å². The van der Waals surface area contributed by atoms with Gasteiger partial charge in [-0.05, 0) is 56.5 Å². The van der Waals surface area contributed by atoms with Crippen LogP contribution in [0.1, 0.15) is 31.7 Å². The predicted octanol–water partition coefficient (Wildman–Crippen LogP) is 2.90. The highest BCUT2D eigenvalue weighted by Gasteiger charge is 2.22. The van der Waals surface area contributed by atoms with Crippen LogP contribution in [0.25, 0.3) is 0 Å². The van der Waals surface area contributed by atoms with Crippen molar-refractivity contribution in [2.75, 3.05) is 26.2 Å². The molecule has 0 bridgehead atoms. The van der Waals surface area contributed by atoms with E-state index < -0.39 is 11.6 Å². The molecule has 1 heterocycles. The summed E-state index contributed by atoms with van der Waals surface area (Å²) in [5.74, 6) is -0.629. The average molecular weight is 452 g/mol. The number of aryl methyl sites for hydroxylation is 1. The maximum atomic E-state index is 13.1. The molecule has 1 aliphatic rings. The van der Waals surface area contributed by atoms with E-state index in [2.05, 4.69) is 22.1 Å². The van der Waals surface area contributed by atoms with Crippen LogP contribution in [0.4, 0.5) is 8.78 Å². The topological polar surface area (TPSA) is 53.6 Å². The molecule has 1 saturated heterocycles. The van der Waals surface area contributed by atoms with Gasteiger partial charge < -0.3 is 11.1 Å². The minimum absolute atomic E-state index is 0. The van der Waals surface area contributed by atoms with Crippen LogP contribution in [0, 0.1) is 11.6 Å². The summed E-state index contributed by atoms with van der Waals surface area (Å²) in [4.78, 5) is 6.82. The largest absolute Gasteiger partial charge is 0.370 e. The lowest BCUT2D eigenvalue weighted by Gasteiger charge is -2.20. The Labute approximate surface area is 159 Å². The first kappa shape index (κ1) is 21.1. The normalized spacial score (nSPS) is 18.5. The van der Waals surface area contributed by atoms with Gasteiger partial charge >= 0.3 is 0 Å². The number of nitrogens with two attached hydrogens (primary N) is 1. The van der Waals surface area contributed by atoms with Crippen molar-refractivity contribution in [3.05, 3.63) is 35.4 Å². The lowest BCUT2D eigenvalue weighted by Crippen LogP contribution is -2.36. The standard InChI is InChI=1S/C17H26F2N4.HI/c1-2-23-8-4-6-16(23)12-22-17(20)21-7-3-5-13-9-14(18)11-15(19)10-13;/h9-11,16H,2-8,12H2,1H3,(H3,20,21,22);1H. The molecule has 7 heteroatoms. The molecule has 0 amide bonds. The summed E-state index contributed by atoms with van der Waals surface area (Å²) in [6.45, 7) is 5.72. The molecule has 2 rings (SSSR count). The van der Waals surface area contributed by atoms with Crippen molar-refractivity contribution >= 4 is 29.9 Å². The lowest BCUT2D eigenvalue weighted by atomic mass is 10.1. The van der Waals surface area contributed by atoms with E-state index in [1.165, 1.54) is 25.0 Å². The number of guanidine groups is 1. The lowest BCUT2D eigenvalue weighted by molar-refractivity contribution is 0.273. The summed E-state index contributed by atoms with van der Waals surface area (Å²) < 4.78 is 26.2. The van der Waals surface area contributed by atoms with E-state index in [1.54, 1.807) is 0 Å². The Balaban J connectivity index is 0.00000288. The van der Waals surface area contributed by atoms with Gasteiger partial charge in [0.25, 0.3) is 0 Å². The molecular weight excluding hydrogens is 425 g/mol. The molecule has 1 aliphatic heterocycles. The van der Waals surface area contributed by atoms with Crippen LogP contribution in [0.5, 0.6) is 0 Å². The Morgan fingerprint density at radius 3 is 2.71 bits per heavy atom. The van der Waals surface area contributed by atoms with Gasteiger partial charge in [0.15, 0.2) is 5.96 Å². The minimum Gasteiger partial charge on any atom is -0.370 e. The van der Waals surface area contributed by atoms with Gasteiger partial charge in [-0.1, -0.05) is 6.92 Å². The van der Waals surface area contributed by atoms with E-state index in [0.717, 1.165) is 32.1 Å². The summed E-state index contributed by atoms with van der Waals surface area (Å²) in [6, 6.07) is 4.10. The van der Waals surface area contributed by atoms with E-state index in [-0.39, 0.29) is 24.0 Å². The zero-order valence-corrected chi connectivity index (χ0v) is 16.4. The van der Waals surface area contributed by atoms with Crippen molar-refractivity contribution in [3.63, 3.8) is 0 Å². The quantitative estimate of drug-likeness (QED) is 0.290. The van der Waals surface area contributed by atoms with Gasteiger partial charge in [-0.25, -0.2) is 8.78 Å². The first-order valence-electron chi connectivity index (χ1n) is 8.31. The van der Waals surface area contributed by atoms with Gasteiger partial charge in [0.05, 0.1) is 6.54 Å². The molecular formula is C17H27F2IN4. The number of likely N-dealkylation sites (N-methyl/N-ethyl adjacent to an activating group) is 1. The van der Waals surface area contributed by atoms with Crippen LogP contribution in [0.15, 0.2) is 23.2 Å². The summed E-state index contributed by atoms with van der Waals surface area (Å²) in [7, 11) is 0. The first-order valence-corrected chi connectivity index (χ1v) is 8.31. The Hall–Kier alpha value is -0.960. The summed E-state index contributed by atoms with van der Waals surface area (Å²) in [6.07, 6.45) is 3.74. The van der Waals surface area contributed by atoms with Crippen LogP contribution in [0.2, 0.25) is 0 Å². The number of hydrogen-bond donors (Lipinski definition) is 2. The van der Waals surface area contributed by atoms with E-state index in [1.807, 2.05) is 0 Å². The zero-order valence-electron chi connectivity index (χ0n) is 14.1. The third-order valence-corrected chi connectivity index (χ3v) is 4.25. The fourth-order valence-electron chi connectivity index (χ4n) is 3.04. The van der Waals surface area contributed by atoms with Crippen molar-refractivity contribution in [1.82, 2.24) is 10.2 Å². The third kappa shape index (κ3) is 6.88. The van der Waals surface area contributed by atoms with Gasteiger partial charge in [0, 0.05) is 18.7 Å². The fraction of sp³-hybridized carbons (Fsp3) is 0.588. The van der Waals surface area contributed by atoms with Crippen molar-refractivity contribution in [3.8, 4) is 0 Å². The third-order valence-electron chi connectivity index (χ3n) is 4.25. The number of nitrogens with one attached hydrogen (secondary N) is 1. The molecule has 3 N–H and O–H groups in total. The molecule has 1 unspecified atom stereocenters. The molecule has 4 nitrogen and oxygen atoms in total. The second-order valence-corrected chi connectivity index (χ2v) is 5.96. The molecule has 1 fully saturated rings. The second-order valence-electron chi connectivity index (χ2n) is 5.96. The molecule has 1 aromatic rings. The molecule has 136 valence electrons. The smallest absolute Gasteiger partial charge is 0.188 e. The Morgan fingerprint density at radius 2 is 2.04 bits per heavy atom. The summed E-state index contributed by atoms with van der Waals surface area (Å²) in [5, 5.41) is 3.06. The van der Waals surface area contributed by atoms with E-state index in [4.69, 9.17) is 5.73 Å². The van der Waals surface area contributed by atoms with Crippen LogP contribution in [-0.4, -0.2) is 43.1 Å². The molecule has 0 spiro atoms. The maximum Gasteiger partial charge on any atom is 0.188 e. The highest BCUT2D eigenvalue weighted by Crippen LogP contribution is 2.16. The number of aliphatic imine (C=N–C) groups is 1. The predicted molar refractivity (Wildman–Crippen MR) is 105 cm³/mol. The Morgan fingerprint density at radius 1 is 1.33 bits per heavy atom. The number of rotatable bonds is 7. The highest BCUT2D eigenvalue weighted by atomic mass is 127. The van der Waals surface area contributed by atoms with Crippen LogP contribution in [0.3, 0.4) is 0 Å². The highest BCUT2D eigenvalue weighted by molar-refractivity contribution is 14.0. The number of hydrogen-bond acceptors (Lipinski definition) is 2. The maximum absolute atomic E-state index is 13.1. The molecule has 24 heavy (non-hydrogen) atoms. The second kappa shape index (κ2) is 10.8. The monoisotopic (exact) mass is 452 g/mol. The van der Waals surface area contributed by atoms with Gasteiger partial charge in [0.1, 0.15) is 11.6 Å². The molecule has 1 aromatic carbocycles. The van der Waals surface area contributed by atoms with E-state index in [9.17, 15) is 8.78 Å². The Bertz CT molecular complexity index is 519. The zero-order chi connectivity index (χ0) is 16.7. The molecule has 0 radical (unpaired) electrons. The number of likely N-dealkylation sites (tertiary alicyclic amines) is 1. The number of nitrogens with zero attached hydrogens (tertiary/aromatic N) is 2. The average Bonchev–Trinajstić information content (AvgIpc) is 2.96. The Kier molecular flexibility index (Phi) is 9.50. The molecule has 1 atom stereocenters. The molecule has 0 saturated carbocycles. The first-order chi connectivity index (χ1) is 11.1. The van der Waals surface area contributed by atoms with Crippen molar-refractivity contribution < 1.29 is 8.78 Å². The van der Waals surface area contributed by atoms with E-state index >= 15 is 0 Å². The SMILES string of the molecule is CCN1CCCC1CN=C(N)NCCCc1cc(F)cc(F)c1.I. The van der Waals surface area contributed by atoms with Gasteiger partial charge in [0.2, 0.25) is 0 Å². The number of halogens is 3. The van der Waals surface area contributed by atoms with Crippen LogP contribution in [-0.2, 0) is 6.42 Å². The summed E-state index contributed by atoms with van der Waals surface area (Å²) in [5.41, 5.74) is 6.52. The van der Waals surface area contributed by atoms with Crippen molar-refractivity contribution in [2.24, 2.45) is 10.7 Å². The molecule has 0 aliphatic carbocycles. The van der Waals surface area contributed by atoms with Gasteiger partial charge in [-0.2, -0.15) is 0 Å². The summed E-state index contributed by atoms with van der Waals surface area (Å²) >= 11 is 0. The van der Waals surface area contributed by atoms with Crippen molar-refractivity contribution in [1.29, 1.82) is 0 Å². The molecule has 0 aromatic heterocycles. The van der Waals surface area contributed by atoms with Gasteiger partial charge in [-0.3, -0.25) is 9.89 Å². The van der Waals surface area contributed by atoms with Crippen molar-refractivity contribution in [2.45, 2.75) is 38.6 Å². The fourth-order valence-corrected chi connectivity index (χ4v) is 3.04.